The topological polar surface area (TPSA) is 41.6 Å². The molecular weight excluding hydrogens is 204 g/mol. The third kappa shape index (κ3) is 2.38. The number of nitrogens with zero attached hydrogens (tertiary/aromatic N) is 1. The molecule has 0 aromatic heterocycles. The maximum Gasteiger partial charge on any atom is 0.227 e. The van der Waals surface area contributed by atoms with E-state index in [2.05, 4.69) is 12.2 Å². The van der Waals surface area contributed by atoms with Gasteiger partial charge in [0.05, 0.1) is 12.0 Å². The molecule has 92 valence electrons. The lowest BCUT2D eigenvalue weighted by molar-refractivity contribution is -0.139. The zero-order valence-corrected chi connectivity index (χ0v) is 10.2. The van der Waals surface area contributed by atoms with Crippen molar-refractivity contribution in [3.63, 3.8) is 0 Å². The van der Waals surface area contributed by atoms with E-state index in [0.717, 1.165) is 39.0 Å². The number of hydrogen-bond acceptors (Lipinski definition) is 3. The van der Waals surface area contributed by atoms with Crippen molar-refractivity contribution in [2.45, 2.75) is 25.9 Å². The molecule has 2 saturated heterocycles. The van der Waals surface area contributed by atoms with Gasteiger partial charge in [-0.25, -0.2) is 0 Å². The van der Waals surface area contributed by atoms with Crippen LogP contribution in [0.4, 0.5) is 0 Å². The second-order valence-electron chi connectivity index (χ2n) is 5.03. The molecule has 2 aliphatic heterocycles. The zero-order chi connectivity index (χ0) is 11.5. The van der Waals surface area contributed by atoms with Crippen LogP contribution in [0.15, 0.2) is 0 Å². The Labute approximate surface area is 97.3 Å². The number of nitrogens with one attached hydrogen (secondary N) is 1. The molecule has 2 rings (SSSR count). The second kappa shape index (κ2) is 5.15. The van der Waals surface area contributed by atoms with E-state index >= 15 is 0 Å². The molecule has 1 amide bonds. The Hall–Kier alpha value is -0.610. The van der Waals surface area contributed by atoms with Gasteiger partial charge in [-0.3, -0.25) is 4.79 Å². The van der Waals surface area contributed by atoms with Crippen molar-refractivity contribution < 1.29 is 9.53 Å². The van der Waals surface area contributed by atoms with Gasteiger partial charge in [-0.1, -0.05) is 6.92 Å². The molecule has 0 aromatic rings. The molecule has 0 radical (unpaired) electrons. The van der Waals surface area contributed by atoms with Crippen LogP contribution in [0.1, 0.15) is 19.8 Å². The molecule has 1 unspecified atom stereocenters. The van der Waals surface area contributed by atoms with Gasteiger partial charge in [0, 0.05) is 26.7 Å². The summed E-state index contributed by atoms with van der Waals surface area (Å²) in [4.78, 5) is 14.3. The summed E-state index contributed by atoms with van der Waals surface area (Å²) < 4.78 is 5.35. The third-order valence-corrected chi connectivity index (χ3v) is 3.86. The van der Waals surface area contributed by atoms with E-state index in [1.54, 1.807) is 7.11 Å². The quantitative estimate of drug-likeness (QED) is 0.744. The Morgan fingerprint density at radius 1 is 1.44 bits per heavy atom. The monoisotopic (exact) mass is 226 g/mol. The van der Waals surface area contributed by atoms with Crippen molar-refractivity contribution in [2.24, 2.45) is 11.8 Å². The van der Waals surface area contributed by atoms with E-state index in [-0.39, 0.29) is 12.0 Å². The number of hydrogen-bond donors (Lipinski definition) is 1. The van der Waals surface area contributed by atoms with Gasteiger partial charge in [-0.2, -0.15) is 0 Å². The lowest BCUT2D eigenvalue weighted by atomic mass is 9.95. The van der Waals surface area contributed by atoms with Gasteiger partial charge in [0.2, 0.25) is 5.91 Å². The highest BCUT2D eigenvalue weighted by Gasteiger charge is 2.34. The number of piperidine rings is 1. The summed E-state index contributed by atoms with van der Waals surface area (Å²) in [6.45, 7) is 5.65. The zero-order valence-electron chi connectivity index (χ0n) is 10.2. The number of ether oxygens (including phenoxy) is 1. The fourth-order valence-corrected chi connectivity index (χ4v) is 2.71. The smallest absolute Gasteiger partial charge is 0.227 e. The van der Waals surface area contributed by atoms with E-state index in [4.69, 9.17) is 4.74 Å². The number of amides is 1. The maximum atomic E-state index is 12.3. The van der Waals surface area contributed by atoms with Crippen LogP contribution in [0.25, 0.3) is 0 Å². The number of carbonyl (C=O) groups excluding carboxylic acids is 1. The fourth-order valence-electron chi connectivity index (χ4n) is 2.71. The largest absolute Gasteiger partial charge is 0.380 e. The summed E-state index contributed by atoms with van der Waals surface area (Å²) in [5.41, 5.74) is 0. The summed E-state index contributed by atoms with van der Waals surface area (Å²) in [5, 5.41) is 3.29. The molecule has 2 heterocycles. The van der Waals surface area contributed by atoms with Crippen LogP contribution in [0.3, 0.4) is 0 Å². The predicted molar refractivity (Wildman–Crippen MR) is 62.1 cm³/mol. The van der Waals surface area contributed by atoms with Crippen LogP contribution >= 0.6 is 0 Å². The van der Waals surface area contributed by atoms with Crippen LogP contribution in [-0.4, -0.2) is 50.2 Å². The minimum absolute atomic E-state index is 0.176. The molecule has 4 nitrogen and oxygen atoms in total. The SMILES string of the molecule is COC1CCCN(C(=O)[C@@H]2CNC[C@H]2C)C1. The van der Waals surface area contributed by atoms with Gasteiger partial charge in [0.15, 0.2) is 0 Å². The molecule has 0 bridgehead atoms. The minimum Gasteiger partial charge on any atom is -0.380 e. The van der Waals surface area contributed by atoms with Crippen LogP contribution < -0.4 is 5.32 Å². The summed E-state index contributed by atoms with van der Waals surface area (Å²) in [7, 11) is 1.73. The van der Waals surface area contributed by atoms with Gasteiger partial charge in [0.1, 0.15) is 0 Å². The van der Waals surface area contributed by atoms with E-state index in [1.807, 2.05) is 4.90 Å². The summed E-state index contributed by atoms with van der Waals surface area (Å²) in [6.07, 6.45) is 2.39. The van der Waals surface area contributed by atoms with Crippen molar-refractivity contribution in [1.82, 2.24) is 10.2 Å². The fraction of sp³-hybridized carbons (Fsp3) is 0.917. The van der Waals surface area contributed by atoms with E-state index in [9.17, 15) is 4.79 Å². The number of carbonyl (C=O) groups is 1. The molecule has 1 N–H and O–H groups in total. The van der Waals surface area contributed by atoms with Crippen LogP contribution in [-0.2, 0) is 9.53 Å². The van der Waals surface area contributed by atoms with Crippen LogP contribution in [0.5, 0.6) is 0 Å². The lowest BCUT2D eigenvalue weighted by Gasteiger charge is -2.34. The molecule has 4 heteroatoms. The van der Waals surface area contributed by atoms with Crippen molar-refractivity contribution >= 4 is 5.91 Å². The summed E-state index contributed by atoms with van der Waals surface area (Å²) in [5.74, 6) is 0.963. The molecule has 0 spiro atoms. The Bertz CT molecular complexity index is 257. The predicted octanol–water partition coefficient (Wildman–Crippen LogP) is 0.479. The van der Waals surface area contributed by atoms with E-state index in [0.29, 0.717) is 11.8 Å². The number of methoxy groups -OCH3 is 1. The maximum absolute atomic E-state index is 12.3. The number of rotatable bonds is 2. The number of likely N-dealkylation sites (tertiary alicyclic amines) is 1. The molecule has 2 aliphatic rings. The van der Waals surface area contributed by atoms with E-state index < -0.39 is 0 Å². The molecule has 3 atom stereocenters. The first-order valence-electron chi connectivity index (χ1n) is 6.24. The standard InChI is InChI=1S/C12H22N2O2/c1-9-6-13-7-11(9)12(15)14-5-3-4-10(8-14)16-2/h9-11,13H,3-8H2,1-2H3/t9-,10?,11-/m1/s1. The molecule has 0 aliphatic carbocycles. The minimum atomic E-state index is 0.176. The average Bonchev–Trinajstić information content (AvgIpc) is 2.74. The van der Waals surface area contributed by atoms with Gasteiger partial charge >= 0.3 is 0 Å². The first-order valence-corrected chi connectivity index (χ1v) is 6.24. The highest BCUT2D eigenvalue weighted by atomic mass is 16.5. The van der Waals surface area contributed by atoms with Gasteiger partial charge < -0.3 is 15.0 Å². The Morgan fingerprint density at radius 3 is 2.88 bits per heavy atom. The molecule has 2 fully saturated rings. The first-order chi connectivity index (χ1) is 7.72. The van der Waals surface area contributed by atoms with E-state index in [1.165, 1.54) is 0 Å². The highest BCUT2D eigenvalue weighted by molar-refractivity contribution is 5.79. The average molecular weight is 226 g/mol. The Morgan fingerprint density at radius 2 is 2.25 bits per heavy atom. The molecule has 16 heavy (non-hydrogen) atoms. The van der Waals surface area contributed by atoms with Gasteiger partial charge in [-0.15, -0.1) is 0 Å². The normalized spacial score (nSPS) is 35.4. The molecular formula is C12H22N2O2. The Balaban J connectivity index is 1.93. The van der Waals surface area contributed by atoms with Crippen molar-refractivity contribution in [1.29, 1.82) is 0 Å². The van der Waals surface area contributed by atoms with Crippen LogP contribution in [0, 0.1) is 11.8 Å². The summed E-state index contributed by atoms with van der Waals surface area (Å²) in [6, 6.07) is 0. The molecule has 0 aromatic carbocycles. The second-order valence-corrected chi connectivity index (χ2v) is 5.03. The van der Waals surface area contributed by atoms with Crippen molar-refractivity contribution in [3.05, 3.63) is 0 Å². The van der Waals surface area contributed by atoms with Crippen molar-refractivity contribution in [3.8, 4) is 0 Å². The first kappa shape index (κ1) is 11.9. The third-order valence-electron chi connectivity index (χ3n) is 3.86. The van der Waals surface area contributed by atoms with Crippen molar-refractivity contribution in [2.75, 3.05) is 33.3 Å². The van der Waals surface area contributed by atoms with Gasteiger partial charge in [0.25, 0.3) is 0 Å². The Kier molecular flexibility index (Phi) is 3.82. The van der Waals surface area contributed by atoms with Gasteiger partial charge in [-0.05, 0) is 25.3 Å². The molecule has 0 saturated carbocycles. The highest BCUT2D eigenvalue weighted by Crippen LogP contribution is 2.21. The van der Waals surface area contributed by atoms with Crippen LogP contribution in [0.2, 0.25) is 0 Å². The summed E-state index contributed by atoms with van der Waals surface area (Å²) >= 11 is 0. The lowest BCUT2D eigenvalue weighted by Crippen LogP contribution is -2.46.